The lowest BCUT2D eigenvalue weighted by Gasteiger charge is -2.36. The molecule has 2 atom stereocenters. The highest BCUT2D eigenvalue weighted by atomic mass is 35.5. The minimum absolute atomic E-state index is 0.0156. The van der Waals surface area contributed by atoms with Gasteiger partial charge in [-0.05, 0) is 56.0 Å². The van der Waals surface area contributed by atoms with Crippen molar-refractivity contribution in [2.75, 3.05) is 37.5 Å². The maximum atomic E-state index is 14.3. The standard InChI is InChI=1S/C31H36ClN3O7S2/c1-19(41-3)18-42-31(38)33-24-16-27(43-29(24)30(36)37)22-14-28-25(15-23(22)32)35(21-12-8-5-9-13-21)17-26(34(2)44(28,39)40)20-10-6-4-7-11-20/h5,8-9,12-16,19-20,26H,4,6-7,10-11,17-18H2,1-3H3,(H,33,38)(H,36,37)/t19-,26+/m1/s1. The summed E-state index contributed by atoms with van der Waals surface area (Å²) in [4.78, 5) is 26.9. The molecule has 3 aromatic rings. The molecule has 0 unspecified atom stereocenters. The van der Waals surface area contributed by atoms with Crippen LogP contribution >= 0.6 is 22.9 Å². The largest absolute Gasteiger partial charge is 0.477 e. The number of carbonyl (C=O) groups excluding carboxylic acids is 1. The van der Waals surface area contributed by atoms with E-state index in [2.05, 4.69) is 5.32 Å². The maximum absolute atomic E-state index is 14.3. The number of likely N-dealkylation sites (N-methyl/N-ethyl adjacent to an activating group) is 1. The molecule has 0 bridgehead atoms. The van der Waals surface area contributed by atoms with Crippen LogP contribution in [0.3, 0.4) is 0 Å². The molecule has 13 heteroatoms. The molecule has 0 radical (unpaired) electrons. The van der Waals surface area contributed by atoms with Gasteiger partial charge >= 0.3 is 12.1 Å². The molecular formula is C31H36ClN3O7S2. The molecule has 1 aliphatic carbocycles. The van der Waals surface area contributed by atoms with E-state index >= 15 is 0 Å². The van der Waals surface area contributed by atoms with Gasteiger partial charge in [-0.2, -0.15) is 4.31 Å². The van der Waals surface area contributed by atoms with Gasteiger partial charge in [0.25, 0.3) is 0 Å². The minimum atomic E-state index is -3.98. The van der Waals surface area contributed by atoms with Crippen molar-refractivity contribution in [2.45, 2.75) is 56.1 Å². The number of benzene rings is 2. The van der Waals surface area contributed by atoms with Crippen molar-refractivity contribution in [3.8, 4) is 10.4 Å². The molecule has 2 aliphatic rings. The average molecular weight is 662 g/mol. The lowest BCUT2D eigenvalue weighted by atomic mass is 9.83. The molecule has 2 N–H and O–H groups in total. The molecule has 1 aromatic heterocycles. The Labute approximate surface area is 266 Å². The number of carboxylic acid groups (broad SMARTS) is 1. The van der Waals surface area contributed by atoms with Crippen LogP contribution < -0.4 is 10.2 Å². The van der Waals surface area contributed by atoms with Crippen molar-refractivity contribution in [2.24, 2.45) is 5.92 Å². The number of nitrogens with one attached hydrogen (secondary N) is 1. The van der Waals surface area contributed by atoms with Gasteiger partial charge in [-0.1, -0.05) is 49.1 Å². The van der Waals surface area contributed by atoms with Gasteiger partial charge in [-0.25, -0.2) is 18.0 Å². The van der Waals surface area contributed by atoms with Crippen LogP contribution in [0.1, 0.15) is 48.7 Å². The van der Waals surface area contributed by atoms with E-state index in [0.717, 1.165) is 49.1 Å². The van der Waals surface area contributed by atoms with Gasteiger partial charge in [-0.15, -0.1) is 11.3 Å². The number of amides is 1. The summed E-state index contributed by atoms with van der Waals surface area (Å²) in [5.74, 6) is -1.04. The highest BCUT2D eigenvalue weighted by Gasteiger charge is 2.41. The molecule has 44 heavy (non-hydrogen) atoms. The monoisotopic (exact) mass is 661 g/mol. The second-order valence-corrected chi connectivity index (χ2v) is 14.6. The van der Waals surface area contributed by atoms with Crippen LogP contribution in [-0.2, 0) is 19.5 Å². The topological polar surface area (TPSA) is 125 Å². The zero-order chi connectivity index (χ0) is 31.6. The van der Waals surface area contributed by atoms with Crippen molar-refractivity contribution < 1.29 is 32.6 Å². The van der Waals surface area contributed by atoms with Crippen LogP contribution in [-0.4, -0.2) is 69.3 Å². The number of halogens is 1. The summed E-state index contributed by atoms with van der Waals surface area (Å²) in [5.41, 5.74) is 1.66. The van der Waals surface area contributed by atoms with Crippen molar-refractivity contribution in [1.29, 1.82) is 0 Å². The van der Waals surface area contributed by atoms with Gasteiger partial charge < -0.3 is 19.5 Å². The first-order chi connectivity index (χ1) is 21.0. The van der Waals surface area contributed by atoms with Crippen LogP contribution in [0.25, 0.3) is 10.4 Å². The van der Waals surface area contributed by atoms with Crippen LogP contribution in [0.2, 0.25) is 5.02 Å². The molecule has 10 nitrogen and oxygen atoms in total. The van der Waals surface area contributed by atoms with Crippen LogP contribution in [0.4, 0.5) is 21.9 Å². The van der Waals surface area contributed by atoms with Gasteiger partial charge in [0.15, 0.2) is 0 Å². The Morgan fingerprint density at radius 3 is 2.50 bits per heavy atom. The first kappa shape index (κ1) is 32.2. The van der Waals surface area contributed by atoms with Crippen LogP contribution in [0.5, 0.6) is 0 Å². The average Bonchev–Trinajstić information content (AvgIpc) is 3.41. The van der Waals surface area contributed by atoms with E-state index in [4.69, 9.17) is 21.1 Å². The minimum Gasteiger partial charge on any atom is -0.477 e. The second kappa shape index (κ2) is 13.5. The number of ether oxygens (including phenoxy) is 2. The Bertz CT molecular complexity index is 1620. The lowest BCUT2D eigenvalue weighted by Crippen LogP contribution is -2.46. The number of methoxy groups -OCH3 is 1. The summed E-state index contributed by atoms with van der Waals surface area (Å²) in [6, 6.07) is 14.0. The number of carboxylic acids is 1. The van der Waals surface area contributed by atoms with Crippen molar-refractivity contribution in [3.63, 3.8) is 0 Å². The number of fused-ring (bicyclic) bond motifs is 1. The van der Waals surface area contributed by atoms with Crippen molar-refractivity contribution in [1.82, 2.24) is 4.31 Å². The first-order valence-corrected chi connectivity index (χ1v) is 17.1. The van der Waals surface area contributed by atoms with E-state index in [1.165, 1.54) is 23.5 Å². The van der Waals surface area contributed by atoms with E-state index in [1.807, 2.05) is 35.2 Å². The maximum Gasteiger partial charge on any atom is 0.411 e. The number of anilines is 3. The zero-order valence-electron chi connectivity index (χ0n) is 24.8. The van der Waals surface area contributed by atoms with Gasteiger partial charge in [-0.3, -0.25) is 5.32 Å². The summed E-state index contributed by atoms with van der Waals surface area (Å²) in [6.45, 7) is 2.16. The van der Waals surface area contributed by atoms with Gasteiger partial charge in [0, 0.05) is 42.9 Å². The third-order valence-corrected chi connectivity index (χ3v) is 11.8. The van der Waals surface area contributed by atoms with Gasteiger partial charge in [0.05, 0.1) is 22.5 Å². The molecule has 1 saturated carbocycles. The Hall–Kier alpha value is -3.16. The van der Waals surface area contributed by atoms with Gasteiger partial charge in [0.1, 0.15) is 16.4 Å². The number of hydrogen-bond donors (Lipinski definition) is 2. The van der Waals surface area contributed by atoms with Crippen LogP contribution in [0.15, 0.2) is 53.4 Å². The molecule has 0 saturated heterocycles. The number of para-hydroxylation sites is 1. The Morgan fingerprint density at radius 1 is 1.14 bits per heavy atom. The Balaban J connectivity index is 1.59. The molecule has 1 fully saturated rings. The predicted molar refractivity (Wildman–Crippen MR) is 172 cm³/mol. The van der Waals surface area contributed by atoms with Crippen molar-refractivity contribution in [3.05, 3.63) is 58.4 Å². The molecule has 1 amide bonds. The predicted octanol–water partition coefficient (Wildman–Crippen LogP) is 7.07. The Kier molecular flexibility index (Phi) is 9.86. The lowest BCUT2D eigenvalue weighted by molar-refractivity contribution is 0.0508. The number of nitrogens with zero attached hydrogens (tertiary/aromatic N) is 2. The summed E-state index contributed by atoms with van der Waals surface area (Å²) in [7, 11) is -0.852. The summed E-state index contributed by atoms with van der Waals surface area (Å²) >= 11 is 7.74. The molecule has 236 valence electrons. The van der Waals surface area contributed by atoms with E-state index in [0.29, 0.717) is 22.7 Å². The SMILES string of the molecule is CO[C@H](C)COC(=O)Nc1cc(-c2cc3c(cc2Cl)N(c2ccccc2)C[C@@H](C2CCCCC2)N(C)S3(=O)=O)sc1C(=O)O. The smallest absolute Gasteiger partial charge is 0.411 e. The molecule has 0 spiro atoms. The highest BCUT2D eigenvalue weighted by molar-refractivity contribution is 7.89. The third kappa shape index (κ3) is 6.59. The fourth-order valence-corrected chi connectivity index (χ4v) is 8.79. The molecular weight excluding hydrogens is 626 g/mol. The molecule has 2 heterocycles. The summed E-state index contributed by atoms with van der Waals surface area (Å²) in [6.07, 6.45) is 4.04. The fourth-order valence-electron chi connectivity index (χ4n) is 5.88. The Morgan fingerprint density at radius 2 is 1.84 bits per heavy atom. The highest BCUT2D eigenvalue weighted by Crippen LogP contribution is 2.46. The van der Waals surface area contributed by atoms with E-state index in [-0.39, 0.29) is 45.2 Å². The van der Waals surface area contributed by atoms with Gasteiger partial charge in [0.2, 0.25) is 10.0 Å². The number of sulfonamides is 1. The third-order valence-electron chi connectivity index (χ3n) is 8.37. The van der Waals surface area contributed by atoms with Crippen molar-refractivity contribution >= 4 is 62.1 Å². The molecule has 2 aromatic carbocycles. The van der Waals surface area contributed by atoms with E-state index < -0.39 is 22.1 Å². The number of rotatable bonds is 8. The number of thiophene rings is 1. The zero-order valence-corrected chi connectivity index (χ0v) is 27.2. The quantitative estimate of drug-likeness (QED) is 0.263. The first-order valence-electron chi connectivity index (χ1n) is 14.5. The molecule has 5 rings (SSSR count). The van der Waals surface area contributed by atoms with Crippen LogP contribution in [0, 0.1) is 5.92 Å². The van der Waals surface area contributed by atoms with E-state index in [1.54, 1.807) is 20.0 Å². The number of carbonyl (C=O) groups is 2. The molecule has 1 aliphatic heterocycles. The normalized spacial score (nSPS) is 19.5. The summed E-state index contributed by atoms with van der Waals surface area (Å²) in [5, 5.41) is 12.6. The van der Waals surface area contributed by atoms with E-state index in [9.17, 15) is 23.1 Å². The fraction of sp³-hybridized carbons (Fsp3) is 0.419. The number of aromatic carboxylic acids is 1. The second-order valence-electron chi connectivity index (χ2n) is 11.2. The number of hydrogen-bond acceptors (Lipinski definition) is 8. The summed E-state index contributed by atoms with van der Waals surface area (Å²) < 4.78 is 40.3.